The van der Waals surface area contributed by atoms with Crippen LogP contribution >= 0.6 is 0 Å². The van der Waals surface area contributed by atoms with E-state index >= 15 is 0 Å². The maximum Gasteiger partial charge on any atom is 0.229 e. The molecule has 1 aliphatic rings. The zero-order valence-corrected chi connectivity index (χ0v) is 24.4. The van der Waals surface area contributed by atoms with E-state index in [0.29, 0.717) is 17.7 Å². The first-order valence-electron chi connectivity index (χ1n) is 13.9. The molecule has 7 heteroatoms. The molecule has 3 aromatic heterocycles. The highest BCUT2D eigenvalue weighted by Crippen LogP contribution is 2.39. The normalized spacial score (nSPS) is 17.2. The Hall–Kier alpha value is -3.97. The molecule has 0 fully saturated rings. The molecule has 2 atom stereocenters. The van der Waals surface area contributed by atoms with Crippen LogP contribution in [0.2, 0.25) is 0 Å². The van der Waals surface area contributed by atoms with Crippen molar-refractivity contribution in [2.75, 3.05) is 4.90 Å². The maximum atomic E-state index is 10.2. The fourth-order valence-corrected chi connectivity index (χ4v) is 5.29. The van der Waals surface area contributed by atoms with Crippen molar-refractivity contribution in [1.29, 1.82) is 0 Å². The highest BCUT2D eigenvalue weighted by atomic mass is 16.3. The van der Waals surface area contributed by atoms with E-state index in [1.165, 1.54) is 11.3 Å². The van der Waals surface area contributed by atoms with Gasteiger partial charge in [0.25, 0.3) is 0 Å². The SMILES string of the molecule is CC1=CCC(C)N1c1ncc(-c2ccc(C(C)(c3ccc(-c4ccc(C(C)(C)O)nn4)cn3)C(C)C)cc2)cn1. The topological polar surface area (TPSA) is 87.9 Å². The Bertz CT molecular complexity index is 1490. The molecule has 0 bridgehead atoms. The zero-order valence-electron chi connectivity index (χ0n) is 24.4. The van der Waals surface area contributed by atoms with Gasteiger partial charge in [-0.25, -0.2) is 9.97 Å². The van der Waals surface area contributed by atoms with E-state index in [-0.39, 0.29) is 5.41 Å². The molecule has 40 heavy (non-hydrogen) atoms. The number of rotatable bonds is 7. The second-order valence-electron chi connectivity index (χ2n) is 11.8. The zero-order chi connectivity index (χ0) is 28.7. The van der Waals surface area contributed by atoms with Crippen LogP contribution in [0.25, 0.3) is 22.4 Å². The molecule has 4 heterocycles. The molecule has 4 aromatic rings. The van der Waals surface area contributed by atoms with Crippen molar-refractivity contribution in [1.82, 2.24) is 25.1 Å². The first-order chi connectivity index (χ1) is 19.0. The fraction of sp³-hybridized carbons (Fsp3) is 0.364. The van der Waals surface area contributed by atoms with E-state index in [0.717, 1.165) is 40.4 Å². The van der Waals surface area contributed by atoms with Crippen molar-refractivity contribution in [2.45, 2.75) is 71.9 Å². The average molecular weight is 535 g/mol. The van der Waals surface area contributed by atoms with Gasteiger partial charge in [0, 0.05) is 46.9 Å². The predicted octanol–water partition coefficient (Wildman–Crippen LogP) is 6.69. The van der Waals surface area contributed by atoms with E-state index in [2.05, 4.69) is 96.1 Å². The van der Waals surface area contributed by atoms with Gasteiger partial charge in [-0.15, -0.1) is 0 Å². The van der Waals surface area contributed by atoms with E-state index < -0.39 is 5.60 Å². The predicted molar refractivity (Wildman–Crippen MR) is 160 cm³/mol. The monoisotopic (exact) mass is 534 g/mol. The number of hydrogen-bond acceptors (Lipinski definition) is 7. The third-order valence-corrected chi connectivity index (χ3v) is 8.28. The third-order valence-electron chi connectivity index (χ3n) is 8.28. The molecular formula is C33H38N6O. The molecule has 1 N–H and O–H groups in total. The van der Waals surface area contributed by atoms with Gasteiger partial charge in [-0.1, -0.05) is 44.2 Å². The second kappa shape index (κ2) is 10.5. The number of allylic oxidation sites excluding steroid dienone is 1. The highest BCUT2D eigenvalue weighted by molar-refractivity contribution is 5.64. The summed E-state index contributed by atoms with van der Waals surface area (Å²) in [5.74, 6) is 1.06. The molecular weight excluding hydrogens is 496 g/mol. The molecule has 0 saturated carbocycles. The summed E-state index contributed by atoms with van der Waals surface area (Å²) < 4.78 is 0. The van der Waals surface area contributed by atoms with Crippen LogP contribution in [0.4, 0.5) is 5.95 Å². The molecule has 5 rings (SSSR count). The second-order valence-corrected chi connectivity index (χ2v) is 11.8. The van der Waals surface area contributed by atoms with Crippen LogP contribution in [0.1, 0.15) is 71.8 Å². The Balaban J connectivity index is 1.38. The quantitative estimate of drug-likeness (QED) is 0.283. The van der Waals surface area contributed by atoms with Crippen LogP contribution in [0.5, 0.6) is 0 Å². The van der Waals surface area contributed by atoms with Crippen LogP contribution in [0.3, 0.4) is 0 Å². The fourth-order valence-electron chi connectivity index (χ4n) is 5.29. The summed E-state index contributed by atoms with van der Waals surface area (Å²) in [5.41, 5.74) is 6.31. The van der Waals surface area contributed by atoms with E-state index in [1.54, 1.807) is 19.9 Å². The third kappa shape index (κ3) is 5.13. The number of benzene rings is 1. The van der Waals surface area contributed by atoms with Gasteiger partial charge >= 0.3 is 0 Å². The van der Waals surface area contributed by atoms with Crippen molar-refractivity contribution < 1.29 is 5.11 Å². The van der Waals surface area contributed by atoms with Crippen molar-refractivity contribution in [3.8, 4) is 22.4 Å². The lowest BCUT2D eigenvalue weighted by molar-refractivity contribution is 0.0729. The minimum absolute atomic E-state index is 0.288. The molecule has 0 aliphatic carbocycles. The molecule has 0 radical (unpaired) electrons. The lowest BCUT2D eigenvalue weighted by atomic mass is 9.70. The molecule has 206 valence electrons. The minimum Gasteiger partial charge on any atom is -0.384 e. The summed E-state index contributed by atoms with van der Waals surface area (Å²) in [6, 6.07) is 16.9. The first kappa shape index (κ1) is 27.6. The van der Waals surface area contributed by atoms with Crippen LogP contribution in [0.15, 0.2) is 78.9 Å². The molecule has 1 aromatic carbocycles. The smallest absolute Gasteiger partial charge is 0.229 e. The van der Waals surface area contributed by atoms with Gasteiger partial charge in [-0.05, 0) is 82.3 Å². The number of aliphatic hydroxyl groups is 1. The highest BCUT2D eigenvalue weighted by Gasteiger charge is 2.34. The van der Waals surface area contributed by atoms with Crippen molar-refractivity contribution in [2.24, 2.45) is 5.92 Å². The molecule has 0 amide bonds. The van der Waals surface area contributed by atoms with Crippen molar-refractivity contribution >= 4 is 5.95 Å². The Morgan fingerprint density at radius 1 is 0.800 bits per heavy atom. The Morgan fingerprint density at radius 2 is 1.43 bits per heavy atom. The minimum atomic E-state index is -1.03. The largest absolute Gasteiger partial charge is 0.384 e. The van der Waals surface area contributed by atoms with Crippen LogP contribution < -0.4 is 4.90 Å². The molecule has 0 spiro atoms. The van der Waals surface area contributed by atoms with E-state index in [9.17, 15) is 5.11 Å². The average Bonchev–Trinajstić information content (AvgIpc) is 3.29. The van der Waals surface area contributed by atoms with Crippen LogP contribution in [0, 0.1) is 5.92 Å². The van der Waals surface area contributed by atoms with E-state index in [4.69, 9.17) is 4.98 Å². The summed E-state index contributed by atoms with van der Waals surface area (Å²) in [7, 11) is 0. The first-order valence-corrected chi connectivity index (χ1v) is 13.9. The maximum absolute atomic E-state index is 10.2. The molecule has 2 unspecified atom stereocenters. The Labute approximate surface area is 237 Å². The summed E-state index contributed by atoms with van der Waals surface area (Å²) in [6.07, 6.45) is 8.94. The summed E-state index contributed by atoms with van der Waals surface area (Å²) >= 11 is 0. The molecule has 7 nitrogen and oxygen atoms in total. The van der Waals surface area contributed by atoms with Gasteiger partial charge in [0.2, 0.25) is 5.95 Å². The summed E-state index contributed by atoms with van der Waals surface area (Å²) in [4.78, 5) is 16.4. The number of nitrogens with zero attached hydrogens (tertiary/aromatic N) is 6. The van der Waals surface area contributed by atoms with Gasteiger partial charge in [-0.2, -0.15) is 10.2 Å². The van der Waals surface area contributed by atoms with Gasteiger partial charge in [0.1, 0.15) is 5.60 Å². The van der Waals surface area contributed by atoms with Crippen LogP contribution in [-0.4, -0.2) is 36.3 Å². The van der Waals surface area contributed by atoms with Gasteiger partial charge < -0.3 is 10.0 Å². The van der Waals surface area contributed by atoms with Gasteiger partial charge in [-0.3, -0.25) is 4.98 Å². The number of hydrogen-bond donors (Lipinski definition) is 1. The Kier molecular flexibility index (Phi) is 7.27. The molecule has 0 saturated heterocycles. The number of anilines is 1. The molecule has 1 aliphatic heterocycles. The van der Waals surface area contributed by atoms with Crippen LogP contribution in [-0.2, 0) is 11.0 Å². The lowest BCUT2D eigenvalue weighted by Gasteiger charge is -2.34. The summed E-state index contributed by atoms with van der Waals surface area (Å²) in [6.45, 7) is 14.4. The van der Waals surface area contributed by atoms with Crippen molar-refractivity contribution in [3.63, 3.8) is 0 Å². The van der Waals surface area contributed by atoms with E-state index in [1.807, 2.05) is 30.7 Å². The Morgan fingerprint density at radius 3 is 1.93 bits per heavy atom. The number of aromatic nitrogens is 5. The van der Waals surface area contributed by atoms with Gasteiger partial charge in [0.15, 0.2) is 0 Å². The number of pyridine rings is 1. The van der Waals surface area contributed by atoms with Gasteiger partial charge in [0.05, 0.1) is 17.1 Å². The lowest BCUT2D eigenvalue weighted by Crippen LogP contribution is -2.31. The standard InChI is InChI=1S/C33H38N6O/c1-21(2)33(7,30-16-12-25(18-34-30)28-15-17-29(38-37-28)32(5,6)40)27-13-10-24(11-14-27)26-19-35-31(36-20-26)39-22(3)8-9-23(39)4/h8,10-21,23,40H,9H2,1-7H3. The van der Waals surface area contributed by atoms with Crippen molar-refractivity contribution in [3.05, 3.63) is 95.8 Å². The summed E-state index contributed by atoms with van der Waals surface area (Å²) in [5, 5.41) is 18.7.